The van der Waals surface area contributed by atoms with E-state index in [0.29, 0.717) is 16.6 Å². The van der Waals surface area contributed by atoms with E-state index in [1.54, 1.807) is 0 Å². The van der Waals surface area contributed by atoms with Crippen LogP contribution in [0.2, 0.25) is 5.02 Å². The van der Waals surface area contributed by atoms with Crippen molar-refractivity contribution >= 4 is 46.2 Å². The number of benzene rings is 2. The lowest BCUT2D eigenvalue weighted by atomic mass is 9.96. The number of carbonyl (C=O) groups excluding carboxylic acids is 1. The minimum Gasteiger partial charge on any atom is -0.351 e. The van der Waals surface area contributed by atoms with Gasteiger partial charge < -0.3 is 20.1 Å². The van der Waals surface area contributed by atoms with Crippen LogP contribution >= 0.6 is 23.8 Å². The highest BCUT2D eigenvalue weighted by atomic mass is 35.5. The minimum atomic E-state index is -0.150. The van der Waals surface area contributed by atoms with E-state index in [1.807, 2.05) is 74.6 Å². The van der Waals surface area contributed by atoms with Crippen LogP contribution in [0.3, 0.4) is 0 Å². The topological polar surface area (TPSA) is 62.2 Å². The zero-order chi connectivity index (χ0) is 27.0. The summed E-state index contributed by atoms with van der Waals surface area (Å²) in [6.07, 6.45) is 2.24. The van der Waals surface area contributed by atoms with E-state index >= 15 is 0 Å². The molecular formula is C30H30ClN5OS. The minimum absolute atomic E-state index is 0.0121. The Morgan fingerprint density at radius 1 is 1.05 bits per heavy atom. The summed E-state index contributed by atoms with van der Waals surface area (Å²) in [5.74, 6) is -0.0121. The Balaban J connectivity index is 1.63. The molecule has 3 heterocycles. The van der Waals surface area contributed by atoms with Gasteiger partial charge in [0.1, 0.15) is 0 Å². The summed E-state index contributed by atoms with van der Waals surface area (Å²) < 4.78 is 2.25. The third-order valence-corrected chi connectivity index (χ3v) is 7.62. The number of amides is 1. The van der Waals surface area contributed by atoms with Crippen molar-refractivity contribution in [3.63, 3.8) is 0 Å². The summed E-state index contributed by atoms with van der Waals surface area (Å²) >= 11 is 12.1. The number of hydrogen-bond donors (Lipinski definition) is 2. The number of rotatable bonds is 6. The molecule has 2 atom stereocenters. The summed E-state index contributed by atoms with van der Waals surface area (Å²) in [5, 5.41) is 7.86. The van der Waals surface area contributed by atoms with Gasteiger partial charge in [0.15, 0.2) is 5.11 Å². The van der Waals surface area contributed by atoms with Gasteiger partial charge in [0.2, 0.25) is 5.91 Å². The first-order valence-corrected chi connectivity index (χ1v) is 13.4. The standard InChI is InChI=1S/C30H30ClN5OS/c1-5-27(37)33-25-14-13-23(16-18(25)2)36-29(28(34-30(36)38)26-8-6-7-15-32-26)24-17-19(3)35(20(24)4)22-11-9-21(31)10-12-22/h6-17,28-29H,5H2,1-4H3,(H,33,37)(H,34,38)/t28-,29+/m0/s1. The van der Waals surface area contributed by atoms with Crippen LogP contribution in [-0.4, -0.2) is 20.6 Å². The maximum atomic E-state index is 12.0. The van der Waals surface area contributed by atoms with E-state index in [-0.39, 0.29) is 18.0 Å². The molecule has 0 bridgehead atoms. The molecule has 0 spiro atoms. The second-order valence-electron chi connectivity index (χ2n) is 9.54. The van der Waals surface area contributed by atoms with Gasteiger partial charge in [-0.05, 0) is 105 Å². The molecule has 1 amide bonds. The van der Waals surface area contributed by atoms with Crippen LogP contribution in [0.1, 0.15) is 53.6 Å². The average molecular weight is 544 g/mol. The molecule has 0 saturated carbocycles. The fraction of sp³-hybridized carbons (Fsp3) is 0.233. The maximum absolute atomic E-state index is 12.0. The number of pyridine rings is 1. The monoisotopic (exact) mass is 543 g/mol. The van der Waals surface area contributed by atoms with Crippen LogP contribution < -0.4 is 15.5 Å². The fourth-order valence-corrected chi connectivity index (χ4v) is 5.67. The molecule has 194 valence electrons. The van der Waals surface area contributed by atoms with Gasteiger partial charge in [-0.15, -0.1) is 0 Å². The van der Waals surface area contributed by atoms with Crippen molar-refractivity contribution < 1.29 is 4.79 Å². The summed E-state index contributed by atoms with van der Waals surface area (Å²) in [6.45, 7) is 8.09. The van der Waals surface area contributed by atoms with Gasteiger partial charge in [-0.25, -0.2) is 0 Å². The van der Waals surface area contributed by atoms with Crippen LogP contribution in [0.4, 0.5) is 11.4 Å². The van der Waals surface area contributed by atoms with E-state index in [4.69, 9.17) is 23.8 Å². The number of nitrogens with one attached hydrogen (secondary N) is 2. The summed E-state index contributed by atoms with van der Waals surface area (Å²) in [7, 11) is 0. The smallest absolute Gasteiger partial charge is 0.224 e. The molecule has 2 N–H and O–H groups in total. The van der Waals surface area contributed by atoms with Gasteiger partial charge in [-0.3, -0.25) is 9.78 Å². The molecule has 2 aromatic heterocycles. The van der Waals surface area contributed by atoms with Gasteiger partial charge in [0, 0.05) is 46.1 Å². The van der Waals surface area contributed by atoms with Gasteiger partial charge in [-0.1, -0.05) is 24.6 Å². The number of aryl methyl sites for hydroxylation is 2. The Morgan fingerprint density at radius 2 is 1.79 bits per heavy atom. The molecule has 2 aromatic carbocycles. The van der Waals surface area contributed by atoms with Gasteiger partial charge >= 0.3 is 0 Å². The van der Waals surface area contributed by atoms with Gasteiger partial charge in [0.25, 0.3) is 0 Å². The average Bonchev–Trinajstić information content (AvgIpc) is 3.41. The summed E-state index contributed by atoms with van der Waals surface area (Å²) in [5.41, 5.74) is 8.09. The molecule has 0 radical (unpaired) electrons. The molecule has 1 saturated heterocycles. The molecule has 1 aliphatic rings. The Kier molecular flexibility index (Phi) is 7.23. The molecule has 4 aromatic rings. The predicted octanol–water partition coefficient (Wildman–Crippen LogP) is 6.98. The molecule has 0 unspecified atom stereocenters. The van der Waals surface area contributed by atoms with Crippen molar-refractivity contribution in [2.45, 2.75) is 46.2 Å². The highest BCUT2D eigenvalue weighted by Crippen LogP contribution is 2.44. The molecule has 6 nitrogen and oxygen atoms in total. The third kappa shape index (κ3) is 4.79. The van der Waals surface area contributed by atoms with Crippen LogP contribution in [0.25, 0.3) is 5.69 Å². The first-order chi connectivity index (χ1) is 18.3. The highest BCUT2D eigenvalue weighted by molar-refractivity contribution is 7.80. The number of nitrogens with zero attached hydrogens (tertiary/aromatic N) is 3. The van der Waals surface area contributed by atoms with Crippen molar-refractivity contribution in [3.05, 3.63) is 106 Å². The van der Waals surface area contributed by atoms with E-state index in [9.17, 15) is 4.79 Å². The number of thiocarbonyl (C=S) groups is 1. The van der Waals surface area contributed by atoms with E-state index in [2.05, 4.69) is 51.1 Å². The van der Waals surface area contributed by atoms with Crippen LogP contribution in [-0.2, 0) is 4.79 Å². The van der Waals surface area contributed by atoms with E-state index in [1.165, 1.54) is 0 Å². The Bertz CT molecular complexity index is 1500. The number of halogens is 1. The summed E-state index contributed by atoms with van der Waals surface area (Å²) in [6, 6.07) is 21.8. The van der Waals surface area contributed by atoms with Crippen LogP contribution in [0.5, 0.6) is 0 Å². The molecule has 38 heavy (non-hydrogen) atoms. The third-order valence-electron chi connectivity index (χ3n) is 7.06. The number of aromatic nitrogens is 2. The second-order valence-corrected chi connectivity index (χ2v) is 10.4. The second kappa shape index (κ2) is 10.6. The number of hydrogen-bond acceptors (Lipinski definition) is 3. The lowest BCUT2D eigenvalue weighted by molar-refractivity contribution is -0.115. The molecule has 0 aliphatic carbocycles. The maximum Gasteiger partial charge on any atom is 0.224 e. The normalized spacial score (nSPS) is 17.0. The molecule has 1 fully saturated rings. The largest absolute Gasteiger partial charge is 0.351 e. The van der Waals surface area contributed by atoms with Crippen LogP contribution in [0, 0.1) is 20.8 Å². The number of anilines is 2. The van der Waals surface area contributed by atoms with Gasteiger partial charge in [0.05, 0.1) is 17.8 Å². The zero-order valence-electron chi connectivity index (χ0n) is 21.8. The molecule has 8 heteroatoms. The van der Waals surface area contributed by atoms with Gasteiger partial charge in [-0.2, -0.15) is 0 Å². The first-order valence-electron chi connectivity index (χ1n) is 12.6. The van der Waals surface area contributed by atoms with Crippen LogP contribution in [0.15, 0.2) is 72.9 Å². The van der Waals surface area contributed by atoms with Crippen molar-refractivity contribution in [2.24, 2.45) is 0 Å². The molecule has 5 rings (SSSR count). The summed E-state index contributed by atoms with van der Waals surface area (Å²) in [4.78, 5) is 18.9. The lowest BCUT2D eigenvalue weighted by Gasteiger charge is -2.29. The number of carbonyl (C=O) groups is 1. The Labute approximate surface area is 233 Å². The highest BCUT2D eigenvalue weighted by Gasteiger charge is 2.42. The quantitative estimate of drug-likeness (QED) is 0.257. The van der Waals surface area contributed by atoms with Crippen molar-refractivity contribution in [1.29, 1.82) is 0 Å². The molecular weight excluding hydrogens is 514 g/mol. The lowest BCUT2D eigenvalue weighted by Crippen LogP contribution is -2.29. The fourth-order valence-electron chi connectivity index (χ4n) is 5.20. The van der Waals surface area contributed by atoms with Crippen molar-refractivity contribution in [3.8, 4) is 5.69 Å². The van der Waals surface area contributed by atoms with Crippen molar-refractivity contribution in [1.82, 2.24) is 14.9 Å². The SMILES string of the molecule is CCC(=O)Nc1ccc(N2C(=S)N[C@@H](c3ccccn3)[C@H]2c2cc(C)n(-c3ccc(Cl)cc3)c2C)cc1C. The Hall–Kier alpha value is -3.68. The van der Waals surface area contributed by atoms with E-state index < -0.39 is 0 Å². The van der Waals surface area contributed by atoms with E-state index in [0.717, 1.165) is 45.3 Å². The Morgan fingerprint density at radius 3 is 2.45 bits per heavy atom. The first kappa shape index (κ1) is 25.9. The van der Waals surface area contributed by atoms with Crippen molar-refractivity contribution in [2.75, 3.05) is 10.2 Å². The molecule has 1 aliphatic heterocycles. The predicted molar refractivity (Wildman–Crippen MR) is 158 cm³/mol. The zero-order valence-corrected chi connectivity index (χ0v) is 23.4.